The van der Waals surface area contributed by atoms with Gasteiger partial charge in [0.2, 0.25) is 0 Å². The summed E-state index contributed by atoms with van der Waals surface area (Å²) in [6.07, 6.45) is 2.02. The molecule has 1 aromatic rings. The molecule has 0 radical (unpaired) electrons. The molecule has 1 fully saturated rings. The van der Waals surface area contributed by atoms with Crippen molar-refractivity contribution in [3.63, 3.8) is 0 Å². The van der Waals surface area contributed by atoms with Crippen LogP contribution in [0.2, 0.25) is 0 Å². The fraction of sp³-hybridized carbons (Fsp3) is 0.588. The third kappa shape index (κ3) is 4.40. The first-order valence-corrected chi connectivity index (χ1v) is 8.85. The van der Waals surface area contributed by atoms with Crippen molar-refractivity contribution in [2.45, 2.75) is 43.8 Å². The number of aliphatic hydroxyl groups excluding tert-OH is 1. The number of aryl methyl sites for hydroxylation is 1. The fourth-order valence-corrected chi connectivity index (χ4v) is 3.55. The first-order valence-electron chi connectivity index (χ1n) is 7.97. The molecule has 122 valence electrons. The van der Waals surface area contributed by atoms with Gasteiger partial charge in [-0.15, -0.1) is 11.8 Å². The van der Waals surface area contributed by atoms with Crippen molar-refractivity contribution < 1.29 is 9.90 Å². The Hall–Kier alpha value is -1.20. The second-order valence-corrected chi connectivity index (χ2v) is 7.54. The third-order valence-corrected chi connectivity index (χ3v) is 5.44. The van der Waals surface area contributed by atoms with E-state index in [2.05, 4.69) is 31.3 Å². The maximum absolute atomic E-state index is 12.3. The number of nitrogens with zero attached hydrogens (tertiary/aromatic N) is 1. The van der Waals surface area contributed by atoms with Crippen LogP contribution in [0, 0.1) is 12.8 Å². The van der Waals surface area contributed by atoms with Gasteiger partial charge in [0.15, 0.2) is 0 Å². The van der Waals surface area contributed by atoms with Crippen molar-refractivity contribution in [2.24, 2.45) is 5.92 Å². The van der Waals surface area contributed by atoms with E-state index in [4.69, 9.17) is 5.11 Å². The molecule has 2 rings (SSSR count). The number of carbonyl (C=O) groups is 1. The Labute approximate surface area is 137 Å². The number of nitrogens with one attached hydrogen (secondary N) is 1. The molecule has 4 nitrogen and oxygen atoms in total. The highest BCUT2D eigenvalue weighted by atomic mass is 32.2. The molecule has 2 unspecified atom stereocenters. The van der Waals surface area contributed by atoms with Crippen LogP contribution < -0.4 is 5.32 Å². The second-order valence-electron chi connectivity index (χ2n) is 6.03. The Bertz CT molecular complexity index is 521. The van der Waals surface area contributed by atoms with Gasteiger partial charge in [0.1, 0.15) is 0 Å². The number of hydrogen-bond acceptors (Lipinski definition) is 3. The zero-order chi connectivity index (χ0) is 16.1. The molecule has 0 aromatic heterocycles. The third-order valence-electron chi connectivity index (χ3n) is 4.18. The standard InChI is InChI=1S/C17H26N2O2S/c1-4-13(3)22-15-5-6-16(12(2)9-15)18-17(21)19-8-7-14(10-19)11-20/h5-6,9,13-14,20H,4,7-8,10-11H2,1-3H3,(H,18,21). The Morgan fingerprint density at radius 1 is 1.55 bits per heavy atom. The molecular formula is C17H26N2O2S. The van der Waals surface area contributed by atoms with E-state index in [0.29, 0.717) is 11.8 Å². The summed E-state index contributed by atoms with van der Waals surface area (Å²) < 4.78 is 0. The van der Waals surface area contributed by atoms with Crippen LogP contribution in [-0.2, 0) is 0 Å². The summed E-state index contributed by atoms with van der Waals surface area (Å²) in [7, 11) is 0. The Balaban J connectivity index is 1.96. The molecule has 0 spiro atoms. The van der Waals surface area contributed by atoms with Crippen molar-refractivity contribution in [1.29, 1.82) is 0 Å². The molecule has 2 atom stereocenters. The van der Waals surface area contributed by atoms with E-state index >= 15 is 0 Å². The summed E-state index contributed by atoms with van der Waals surface area (Å²) in [5, 5.41) is 12.7. The largest absolute Gasteiger partial charge is 0.396 e. The molecule has 2 N–H and O–H groups in total. The van der Waals surface area contributed by atoms with Crippen molar-refractivity contribution in [1.82, 2.24) is 4.90 Å². The molecule has 1 saturated heterocycles. The Kier molecular flexibility index (Phi) is 6.15. The summed E-state index contributed by atoms with van der Waals surface area (Å²) in [6, 6.07) is 6.12. The van der Waals surface area contributed by atoms with Crippen LogP contribution in [0.25, 0.3) is 0 Å². The highest BCUT2D eigenvalue weighted by Crippen LogP contribution is 2.28. The number of thioether (sulfide) groups is 1. The molecule has 0 bridgehead atoms. The highest BCUT2D eigenvalue weighted by molar-refractivity contribution is 7.99. The van der Waals surface area contributed by atoms with Crippen molar-refractivity contribution >= 4 is 23.5 Å². The minimum Gasteiger partial charge on any atom is -0.396 e. The lowest BCUT2D eigenvalue weighted by Crippen LogP contribution is -2.33. The number of anilines is 1. The second kappa shape index (κ2) is 7.88. The number of carbonyl (C=O) groups excluding carboxylic acids is 1. The lowest BCUT2D eigenvalue weighted by Gasteiger charge is -2.18. The van der Waals surface area contributed by atoms with Crippen LogP contribution in [0.5, 0.6) is 0 Å². The molecular weight excluding hydrogens is 296 g/mol. The lowest BCUT2D eigenvalue weighted by atomic mass is 10.1. The predicted molar refractivity (Wildman–Crippen MR) is 92.6 cm³/mol. The van der Waals surface area contributed by atoms with E-state index in [9.17, 15) is 4.79 Å². The summed E-state index contributed by atoms with van der Waals surface area (Å²) in [5.41, 5.74) is 1.95. The minimum absolute atomic E-state index is 0.0682. The van der Waals surface area contributed by atoms with Gasteiger partial charge in [0, 0.05) is 41.4 Å². The van der Waals surface area contributed by atoms with Gasteiger partial charge in [-0.2, -0.15) is 0 Å². The van der Waals surface area contributed by atoms with Crippen LogP contribution in [0.4, 0.5) is 10.5 Å². The van der Waals surface area contributed by atoms with Gasteiger partial charge < -0.3 is 15.3 Å². The molecule has 2 amide bonds. The van der Waals surface area contributed by atoms with E-state index in [1.54, 1.807) is 4.90 Å². The highest BCUT2D eigenvalue weighted by Gasteiger charge is 2.25. The maximum Gasteiger partial charge on any atom is 0.321 e. The molecule has 5 heteroatoms. The summed E-state index contributed by atoms with van der Waals surface area (Å²) in [5.74, 6) is 0.223. The predicted octanol–water partition coefficient (Wildman–Crippen LogP) is 3.73. The summed E-state index contributed by atoms with van der Waals surface area (Å²) in [4.78, 5) is 15.3. The van der Waals surface area contributed by atoms with Crippen LogP contribution in [-0.4, -0.2) is 41.0 Å². The maximum atomic E-state index is 12.3. The van der Waals surface area contributed by atoms with Gasteiger partial charge in [0.05, 0.1) is 0 Å². The number of amides is 2. The minimum atomic E-state index is -0.0682. The van der Waals surface area contributed by atoms with E-state index < -0.39 is 0 Å². The van der Waals surface area contributed by atoms with Crippen LogP contribution >= 0.6 is 11.8 Å². The van der Waals surface area contributed by atoms with E-state index in [1.165, 1.54) is 4.90 Å². The molecule has 1 aliphatic rings. The lowest BCUT2D eigenvalue weighted by molar-refractivity contribution is 0.208. The van der Waals surface area contributed by atoms with Crippen molar-refractivity contribution in [2.75, 3.05) is 25.0 Å². The number of rotatable bonds is 5. The zero-order valence-corrected chi connectivity index (χ0v) is 14.4. The first kappa shape index (κ1) is 17.2. The quantitative estimate of drug-likeness (QED) is 0.812. The molecule has 1 heterocycles. The van der Waals surface area contributed by atoms with Gasteiger partial charge >= 0.3 is 6.03 Å². The number of likely N-dealkylation sites (tertiary alicyclic amines) is 1. The topological polar surface area (TPSA) is 52.6 Å². The number of hydrogen-bond donors (Lipinski definition) is 2. The van der Waals surface area contributed by atoms with Crippen LogP contribution in [0.15, 0.2) is 23.1 Å². The SMILES string of the molecule is CCC(C)Sc1ccc(NC(=O)N2CCC(CO)C2)c(C)c1. The van der Waals surface area contributed by atoms with Gasteiger partial charge in [-0.1, -0.05) is 13.8 Å². The first-order chi connectivity index (χ1) is 10.5. The van der Waals surface area contributed by atoms with Crippen molar-refractivity contribution in [3.05, 3.63) is 23.8 Å². The Morgan fingerprint density at radius 3 is 2.91 bits per heavy atom. The van der Waals surface area contributed by atoms with Crippen LogP contribution in [0.1, 0.15) is 32.3 Å². The van der Waals surface area contributed by atoms with Crippen molar-refractivity contribution in [3.8, 4) is 0 Å². The average molecular weight is 322 g/mol. The normalized spacial score (nSPS) is 19.3. The van der Waals surface area contributed by atoms with Gasteiger partial charge in [0.25, 0.3) is 0 Å². The molecule has 1 aromatic carbocycles. The number of urea groups is 1. The molecule has 0 saturated carbocycles. The molecule has 1 aliphatic heterocycles. The smallest absolute Gasteiger partial charge is 0.321 e. The summed E-state index contributed by atoms with van der Waals surface area (Å²) in [6.45, 7) is 7.96. The zero-order valence-electron chi connectivity index (χ0n) is 13.6. The van der Waals surface area contributed by atoms with E-state index in [-0.39, 0.29) is 18.6 Å². The molecule has 0 aliphatic carbocycles. The van der Waals surface area contributed by atoms with Gasteiger partial charge in [-0.25, -0.2) is 4.79 Å². The Morgan fingerprint density at radius 2 is 2.32 bits per heavy atom. The van der Waals surface area contributed by atoms with Gasteiger partial charge in [-0.3, -0.25) is 0 Å². The number of benzene rings is 1. The molecule has 22 heavy (non-hydrogen) atoms. The average Bonchev–Trinajstić information content (AvgIpc) is 2.99. The number of aliphatic hydroxyl groups is 1. The van der Waals surface area contributed by atoms with Crippen LogP contribution in [0.3, 0.4) is 0 Å². The monoisotopic (exact) mass is 322 g/mol. The van der Waals surface area contributed by atoms with E-state index in [0.717, 1.165) is 30.6 Å². The van der Waals surface area contributed by atoms with E-state index in [1.807, 2.05) is 24.8 Å². The summed E-state index contributed by atoms with van der Waals surface area (Å²) >= 11 is 1.86. The van der Waals surface area contributed by atoms with Gasteiger partial charge in [-0.05, 0) is 43.5 Å². The fourth-order valence-electron chi connectivity index (χ4n) is 2.53.